The number of aryl methyl sites for hydroxylation is 2. The maximum absolute atomic E-state index is 4.31. The Bertz CT molecular complexity index is 232. The highest BCUT2D eigenvalue weighted by molar-refractivity contribution is 9.10. The predicted octanol–water partition coefficient (Wildman–Crippen LogP) is 3.35. The number of hydrogen-bond donors (Lipinski definition) is 1. The molecule has 0 bridgehead atoms. The molecule has 0 radical (unpaired) electrons. The molecule has 2 heteroatoms. The maximum atomic E-state index is 4.31. The van der Waals surface area contributed by atoms with Crippen LogP contribution in [0.4, 0.5) is 0 Å². The molecule has 0 unspecified atom stereocenters. The molecule has 0 aliphatic carbocycles. The van der Waals surface area contributed by atoms with Crippen LogP contribution in [-0.4, -0.2) is 0 Å². The van der Waals surface area contributed by atoms with Crippen molar-refractivity contribution in [1.82, 2.24) is 0 Å². The van der Waals surface area contributed by atoms with E-state index in [9.17, 15) is 0 Å². The van der Waals surface area contributed by atoms with Gasteiger partial charge in [-0.3, -0.25) is 0 Å². The Kier molecular flexibility index (Phi) is 2.42. The molecule has 0 N–H and O–H groups in total. The van der Waals surface area contributed by atoms with E-state index in [1.54, 1.807) is 0 Å². The van der Waals surface area contributed by atoms with Crippen molar-refractivity contribution in [3.63, 3.8) is 0 Å². The van der Waals surface area contributed by atoms with Gasteiger partial charge in [0, 0.05) is 9.37 Å². The Labute approximate surface area is 75.2 Å². The molecule has 0 saturated heterocycles. The maximum Gasteiger partial charge on any atom is 0.0313 e. The summed E-state index contributed by atoms with van der Waals surface area (Å²) in [6, 6.07) is 4.18. The van der Waals surface area contributed by atoms with Crippen molar-refractivity contribution in [1.29, 1.82) is 0 Å². The summed E-state index contributed by atoms with van der Waals surface area (Å²) in [5.41, 5.74) is 2.48. The zero-order valence-electron chi connectivity index (χ0n) is 5.98. The van der Waals surface area contributed by atoms with Gasteiger partial charge in [-0.25, -0.2) is 0 Å². The topological polar surface area (TPSA) is 0 Å². The lowest BCUT2D eigenvalue weighted by Crippen LogP contribution is -1.80. The third-order valence-corrected chi connectivity index (χ3v) is 2.92. The van der Waals surface area contributed by atoms with Gasteiger partial charge in [-0.1, -0.05) is 6.07 Å². The molecule has 10 heavy (non-hydrogen) atoms. The first-order chi connectivity index (χ1) is 4.61. The summed E-state index contributed by atoms with van der Waals surface area (Å²) >= 11 is 7.73. The number of thiol groups is 1. The van der Waals surface area contributed by atoms with E-state index in [4.69, 9.17) is 0 Å². The molecule has 1 rings (SSSR count). The van der Waals surface area contributed by atoms with Crippen molar-refractivity contribution in [3.8, 4) is 0 Å². The van der Waals surface area contributed by atoms with Gasteiger partial charge in [0.05, 0.1) is 0 Å². The zero-order chi connectivity index (χ0) is 7.72. The fourth-order valence-electron chi connectivity index (χ4n) is 0.908. The Morgan fingerprint density at radius 1 is 1.30 bits per heavy atom. The van der Waals surface area contributed by atoms with Crippen LogP contribution in [0, 0.1) is 13.8 Å². The molecule has 0 aromatic heterocycles. The van der Waals surface area contributed by atoms with Gasteiger partial charge in [0.1, 0.15) is 0 Å². The summed E-state index contributed by atoms with van der Waals surface area (Å²) in [6.07, 6.45) is 0. The van der Waals surface area contributed by atoms with Crippen LogP contribution >= 0.6 is 28.6 Å². The molecule has 0 saturated carbocycles. The average Bonchev–Trinajstić information content (AvgIpc) is 1.82. The summed E-state index contributed by atoms with van der Waals surface area (Å²) in [5, 5.41) is 0. The first kappa shape index (κ1) is 8.15. The second kappa shape index (κ2) is 2.97. The van der Waals surface area contributed by atoms with Crippen LogP contribution in [0.2, 0.25) is 0 Å². The standard InChI is InChI=1S/C8H9BrS/c1-5-3-6(2)8(10)7(9)4-5/h3-4,10H,1-2H3. The first-order valence-corrected chi connectivity index (χ1v) is 4.31. The van der Waals surface area contributed by atoms with Crippen LogP contribution in [0.5, 0.6) is 0 Å². The van der Waals surface area contributed by atoms with E-state index >= 15 is 0 Å². The van der Waals surface area contributed by atoms with Crippen molar-refractivity contribution >= 4 is 28.6 Å². The van der Waals surface area contributed by atoms with E-state index < -0.39 is 0 Å². The number of rotatable bonds is 0. The molecule has 0 heterocycles. The highest BCUT2D eigenvalue weighted by Gasteiger charge is 1.98. The quantitative estimate of drug-likeness (QED) is 0.633. The number of halogens is 1. The fraction of sp³-hybridized carbons (Fsp3) is 0.250. The Balaban J connectivity index is 3.31. The molecule has 1 aromatic carbocycles. The minimum Gasteiger partial charge on any atom is -0.142 e. The van der Waals surface area contributed by atoms with Crippen LogP contribution in [-0.2, 0) is 0 Å². The Morgan fingerprint density at radius 3 is 2.40 bits per heavy atom. The monoisotopic (exact) mass is 216 g/mol. The van der Waals surface area contributed by atoms with Gasteiger partial charge in [-0.2, -0.15) is 0 Å². The molecule has 54 valence electrons. The normalized spacial score (nSPS) is 10.0. The average molecular weight is 217 g/mol. The van der Waals surface area contributed by atoms with Crippen molar-refractivity contribution in [2.75, 3.05) is 0 Å². The fourth-order valence-corrected chi connectivity index (χ4v) is 1.71. The third kappa shape index (κ3) is 1.55. The van der Waals surface area contributed by atoms with Gasteiger partial charge in [0.25, 0.3) is 0 Å². The lowest BCUT2D eigenvalue weighted by molar-refractivity contribution is 1.24. The molecule has 1 aromatic rings. The summed E-state index contributed by atoms with van der Waals surface area (Å²) in [5.74, 6) is 0. The smallest absolute Gasteiger partial charge is 0.0313 e. The molecule has 0 aliphatic rings. The van der Waals surface area contributed by atoms with Crippen molar-refractivity contribution in [2.45, 2.75) is 18.7 Å². The second-order valence-electron chi connectivity index (χ2n) is 2.41. The summed E-state index contributed by atoms with van der Waals surface area (Å²) in [4.78, 5) is 1.03. The zero-order valence-corrected chi connectivity index (χ0v) is 8.46. The molecular weight excluding hydrogens is 208 g/mol. The molecule has 0 spiro atoms. The van der Waals surface area contributed by atoms with E-state index in [1.165, 1.54) is 11.1 Å². The SMILES string of the molecule is Cc1cc(C)c(S)c(Br)c1. The molecule has 0 nitrogen and oxygen atoms in total. The summed E-state index contributed by atoms with van der Waals surface area (Å²) in [7, 11) is 0. The Hall–Kier alpha value is 0.0500. The summed E-state index contributed by atoms with van der Waals surface area (Å²) < 4.78 is 1.08. The van der Waals surface area contributed by atoms with Crippen LogP contribution in [0.3, 0.4) is 0 Å². The van der Waals surface area contributed by atoms with E-state index in [1.807, 2.05) is 0 Å². The highest BCUT2D eigenvalue weighted by atomic mass is 79.9. The Morgan fingerprint density at radius 2 is 1.90 bits per heavy atom. The number of benzene rings is 1. The van der Waals surface area contributed by atoms with Crippen LogP contribution in [0.1, 0.15) is 11.1 Å². The van der Waals surface area contributed by atoms with Gasteiger partial charge >= 0.3 is 0 Å². The van der Waals surface area contributed by atoms with Crippen molar-refractivity contribution in [3.05, 3.63) is 27.7 Å². The van der Waals surface area contributed by atoms with Gasteiger partial charge in [0.2, 0.25) is 0 Å². The van der Waals surface area contributed by atoms with Gasteiger partial charge in [-0.05, 0) is 47.0 Å². The number of hydrogen-bond acceptors (Lipinski definition) is 1. The van der Waals surface area contributed by atoms with Crippen molar-refractivity contribution in [2.24, 2.45) is 0 Å². The highest BCUT2D eigenvalue weighted by Crippen LogP contribution is 2.25. The van der Waals surface area contributed by atoms with E-state index in [2.05, 4.69) is 54.5 Å². The second-order valence-corrected chi connectivity index (χ2v) is 3.71. The van der Waals surface area contributed by atoms with E-state index in [0.717, 1.165) is 9.37 Å². The third-order valence-electron chi connectivity index (χ3n) is 1.40. The largest absolute Gasteiger partial charge is 0.142 e. The minimum absolute atomic E-state index is 1.03. The molecule has 0 amide bonds. The van der Waals surface area contributed by atoms with E-state index in [-0.39, 0.29) is 0 Å². The first-order valence-electron chi connectivity index (χ1n) is 3.07. The van der Waals surface area contributed by atoms with Crippen molar-refractivity contribution < 1.29 is 0 Å². The molecule has 0 atom stereocenters. The van der Waals surface area contributed by atoms with Crippen LogP contribution in [0.15, 0.2) is 21.5 Å². The predicted molar refractivity (Wildman–Crippen MR) is 50.9 cm³/mol. The summed E-state index contributed by atoms with van der Waals surface area (Å²) in [6.45, 7) is 4.13. The molecule has 0 aliphatic heterocycles. The minimum atomic E-state index is 1.03. The van der Waals surface area contributed by atoms with Gasteiger partial charge < -0.3 is 0 Å². The molecular formula is C8H9BrS. The lowest BCUT2D eigenvalue weighted by atomic mass is 10.2. The van der Waals surface area contributed by atoms with Gasteiger partial charge in [0.15, 0.2) is 0 Å². The van der Waals surface area contributed by atoms with Gasteiger partial charge in [-0.15, -0.1) is 12.6 Å². The lowest BCUT2D eigenvalue weighted by Gasteiger charge is -2.02. The van der Waals surface area contributed by atoms with Crippen LogP contribution < -0.4 is 0 Å². The molecule has 0 fully saturated rings. The van der Waals surface area contributed by atoms with E-state index in [0.29, 0.717) is 0 Å². The van der Waals surface area contributed by atoms with Crippen LogP contribution in [0.25, 0.3) is 0 Å².